The molecule has 1 aromatic carbocycles. The summed E-state index contributed by atoms with van der Waals surface area (Å²) in [6.45, 7) is 0. The molecule has 0 amide bonds. The topological polar surface area (TPSA) is 89.3 Å². The van der Waals surface area contributed by atoms with Crippen LogP contribution in [0.3, 0.4) is 0 Å². The Labute approximate surface area is 151 Å². The van der Waals surface area contributed by atoms with Crippen LogP contribution >= 0.6 is 22.6 Å². The number of rotatable bonds is 2. The Hall–Kier alpha value is -2.10. The molecule has 7 nitrogen and oxygen atoms in total. The molecule has 0 fully saturated rings. The highest BCUT2D eigenvalue weighted by Gasteiger charge is 2.36. The lowest BCUT2D eigenvalue weighted by atomic mass is 9.85. The van der Waals surface area contributed by atoms with Crippen molar-refractivity contribution in [1.82, 2.24) is 14.8 Å². The Balaban J connectivity index is 1.94. The molecule has 124 valence electrons. The summed E-state index contributed by atoms with van der Waals surface area (Å²) in [5.41, 5.74) is 2.48. The molecule has 8 heteroatoms. The van der Waals surface area contributed by atoms with Gasteiger partial charge in [-0.2, -0.15) is 10.1 Å². The summed E-state index contributed by atoms with van der Waals surface area (Å²) >= 11 is 2.05. The molecule has 1 aromatic heterocycles. The Kier molecular flexibility index (Phi) is 3.70. The minimum absolute atomic E-state index is 0.0961. The quantitative estimate of drug-likeness (QED) is 0.701. The number of hydrogen-bond donors (Lipinski definition) is 2. The number of hydrogen-bond acceptors (Lipinski definition) is 6. The minimum atomic E-state index is -0.366. The minimum Gasteiger partial charge on any atom is -0.504 e. The van der Waals surface area contributed by atoms with E-state index in [1.165, 1.54) is 13.4 Å². The van der Waals surface area contributed by atoms with Gasteiger partial charge in [0.1, 0.15) is 12.4 Å². The standard InChI is InChI=1S/C16H15IN4O3/c1-24-12-6-8(5-9(17)15(12)23)14-13-10(3-2-4-11(13)22)20-16-18-7-19-21(14)16/h5-7,14,23H,2-4H2,1H3,(H,18,19,20)/t14-/m1/s1. The highest BCUT2D eigenvalue weighted by molar-refractivity contribution is 14.1. The van der Waals surface area contributed by atoms with E-state index < -0.39 is 0 Å². The molecule has 0 saturated heterocycles. The fraction of sp³-hybridized carbons (Fsp3) is 0.312. The third kappa shape index (κ3) is 2.27. The average molecular weight is 438 g/mol. The number of phenolic OH excluding ortho intramolecular Hbond substituents is 1. The van der Waals surface area contributed by atoms with Crippen LogP contribution in [0.2, 0.25) is 0 Å². The van der Waals surface area contributed by atoms with Gasteiger partial charge in [0.25, 0.3) is 0 Å². The van der Waals surface area contributed by atoms with Gasteiger partial charge in [-0.05, 0) is 53.1 Å². The van der Waals surface area contributed by atoms with Crippen LogP contribution in [-0.4, -0.2) is 32.8 Å². The van der Waals surface area contributed by atoms with E-state index in [0.29, 0.717) is 21.7 Å². The second-order valence-corrected chi connectivity index (χ2v) is 6.94. The van der Waals surface area contributed by atoms with Gasteiger partial charge in [0.2, 0.25) is 5.95 Å². The first kappa shape index (κ1) is 15.4. The maximum Gasteiger partial charge on any atom is 0.226 e. The van der Waals surface area contributed by atoms with Gasteiger partial charge < -0.3 is 15.2 Å². The zero-order valence-electron chi connectivity index (χ0n) is 12.9. The van der Waals surface area contributed by atoms with Gasteiger partial charge in [-0.15, -0.1) is 0 Å². The van der Waals surface area contributed by atoms with Crippen LogP contribution in [0.5, 0.6) is 11.5 Å². The first-order chi connectivity index (χ1) is 11.6. The molecule has 24 heavy (non-hydrogen) atoms. The largest absolute Gasteiger partial charge is 0.504 e. The van der Waals surface area contributed by atoms with Crippen molar-refractivity contribution in [2.24, 2.45) is 0 Å². The lowest BCUT2D eigenvalue weighted by Crippen LogP contribution is -2.31. The van der Waals surface area contributed by atoms with E-state index in [-0.39, 0.29) is 17.6 Å². The highest BCUT2D eigenvalue weighted by Crippen LogP contribution is 2.42. The van der Waals surface area contributed by atoms with E-state index in [0.717, 1.165) is 29.7 Å². The molecular weight excluding hydrogens is 423 g/mol. The third-order valence-electron chi connectivity index (χ3n) is 4.40. The van der Waals surface area contributed by atoms with Gasteiger partial charge in [-0.25, -0.2) is 4.68 Å². The monoisotopic (exact) mass is 438 g/mol. The number of carbonyl (C=O) groups excluding carboxylic acids is 1. The SMILES string of the molecule is COc1cc([C@@H]2C3=C(CCCC3=O)Nc3ncnn32)cc(I)c1O. The summed E-state index contributed by atoms with van der Waals surface area (Å²) in [7, 11) is 1.51. The molecule has 0 spiro atoms. The maximum atomic E-state index is 12.6. The molecule has 0 saturated carbocycles. The number of fused-ring (bicyclic) bond motifs is 1. The predicted octanol–water partition coefficient (Wildman–Crippen LogP) is 2.62. The van der Waals surface area contributed by atoms with E-state index in [1.807, 2.05) is 6.07 Å². The Bertz CT molecular complexity index is 874. The number of allylic oxidation sites excluding steroid dienone is 2. The van der Waals surface area contributed by atoms with Crippen molar-refractivity contribution in [2.75, 3.05) is 12.4 Å². The zero-order chi connectivity index (χ0) is 16.8. The van der Waals surface area contributed by atoms with Gasteiger partial charge >= 0.3 is 0 Å². The number of ether oxygens (including phenoxy) is 1. The van der Waals surface area contributed by atoms with Gasteiger partial charge in [-0.3, -0.25) is 4.79 Å². The molecule has 4 rings (SSSR count). The smallest absolute Gasteiger partial charge is 0.226 e. The molecule has 0 unspecified atom stereocenters. The van der Waals surface area contributed by atoms with Gasteiger partial charge in [0, 0.05) is 17.7 Å². The van der Waals surface area contributed by atoms with E-state index in [4.69, 9.17) is 4.74 Å². The van der Waals surface area contributed by atoms with Crippen molar-refractivity contribution >= 4 is 34.3 Å². The van der Waals surface area contributed by atoms with Crippen LogP contribution in [0.15, 0.2) is 29.7 Å². The summed E-state index contributed by atoms with van der Waals surface area (Å²) in [5, 5.41) is 17.6. The maximum absolute atomic E-state index is 12.6. The van der Waals surface area contributed by atoms with E-state index >= 15 is 0 Å². The molecular formula is C16H15IN4O3. The normalized spacial score (nSPS) is 19.6. The van der Waals surface area contributed by atoms with Crippen LogP contribution in [0.1, 0.15) is 30.9 Å². The number of methoxy groups -OCH3 is 1. The Morgan fingerprint density at radius 1 is 1.42 bits per heavy atom. The van der Waals surface area contributed by atoms with Gasteiger partial charge in [-0.1, -0.05) is 0 Å². The van der Waals surface area contributed by atoms with Crippen LogP contribution in [0.25, 0.3) is 0 Å². The van der Waals surface area contributed by atoms with Crippen LogP contribution in [0, 0.1) is 3.57 Å². The summed E-state index contributed by atoms with van der Waals surface area (Å²) in [4.78, 5) is 16.9. The molecule has 1 aliphatic carbocycles. The highest BCUT2D eigenvalue weighted by atomic mass is 127. The van der Waals surface area contributed by atoms with Crippen LogP contribution < -0.4 is 10.1 Å². The van der Waals surface area contributed by atoms with Crippen molar-refractivity contribution < 1.29 is 14.6 Å². The Morgan fingerprint density at radius 2 is 2.25 bits per heavy atom. The molecule has 0 bridgehead atoms. The molecule has 1 atom stereocenters. The fourth-order valence-electron chi connectivity index (χ4n) is 3.31. The van der Waals surface area contributed by atoms with Crippen molar-refractivity contribution in [3.63, 3.8) is 0 Å². The number of nitrogens with zero attached hydrogens (tertiary/aromatic N) is 3. The van der Waals surface area contributed by atoms with Crippen LogP contribution in [-0.2, 0) is 4.79 Å². The lowest BCUT2D eigenvalue weighted by Gasteiger charge is -2.32. The molecule has 2 heterocycles. The number of aromatic nitrogens is 3. The number of anilines is 1. The first-order valence-corrected chi connectivity index (χ1v) is 8.67. The summed E-state index contributed by atoms with van der Waals surface area (Å²) in [6.07, 6.45) is 3.66. The second kappa shape index (κ2) is 5.76. The number of carbonyl (C=O) groups is 1. The second-order valence-electron chi connectivity index (χ2n) is 5.78. The first-order valence-electron chi connectivity index (χ1n) is 7.59. The molecule has 1 aliphatic heterocycles. The number of halogens is 1. The zero-order valence-corrected chi connectivity index (χ0v) is 15.1. The predicted molar refractivity (Wildman–Crippen MR) is 95.0 cm³/mol. The number of phenols is 1. The summed E-state index contributed by atoms with van der Waals surface area (Å²) in [5.74, 6) is 1.22. The number of ketones is 1. The number of benzene rings is 1. The summed E-state index contributed by atoms with van der Waals surface area (Å²) in [6, 6.07) is 3.24. The number of nitrogens with one attached hydrogen (secondary N) is 1. The summed E-state index contributed by atoms with van der Waals surface area (Å²) < 4.78 is 7.64. The molecule has 0 radical (unpaired) electrons. The number of Topliss-reactive ketones (excluding diaryl/α,β-unsaturated/α-hetero) is 1. The van der Waals surface area contributed by atoms with Crippen molar-refractivity contribution in [1.29, 1.82) is 0 Å². The van der Waals surface area contributed by atoms with Crippen molar-refractivity contribution in [3.05, 3.63) is 38.9 Å². The van der Waals surface area contributed by atoms with E-state index in [1.54, 1.807) is 10.7 Å². The molecule has 2 N–H and O–H groups in total. The third-order valence-corrected chi connectivity index (χ3v) is 5.22. The van der Waals surface area contributed by atoms with Gasteiger partial charge in [0.05, 0.1) is 10.7 Å². The lowest BCUT2D eigenvalue weighted by molar-refractivity contribution is -0.116. The van der Waals surface area contributed by atoms with Crippen molar-refractivity contribution in [2.45, 2.75) is 25.3 Å². The average Bonchev–Trinajstić information content (AvgIpc) is 3.03. The van der Waals surface area contributed by atoms with E-state index in [2.05, 4.69) is 38.0 Å². The number of aromatic hydroxyl groups is 1. The fourth-order valence-corrected chi connectivity index (χ4v) is 3.94. The van der Waals surface area contributed by atoms with Crippen molar-refractivity contribution in [3.8, 4) is 11.5 Å². The van der Waals surface area contributed by atoms with Crippen LogP contribution in [0.4, 0.5) is 5.95 Å². The molecule has 2 aromatic rings. The van der Waals surface area contributed by atoms with E-state index in [9.17, 15) is 9.90 Å². The van der Waals surface area contributed by atoms with Gasteiger partial charge in [0.15, 0.2) is 17.3 Å². The Morgan fingerprint density at radius 3 is 3.04 bits per heavy atom. The molecule has 2 aliphatic rings.